The van der Waals surface area contributed by atoms with Crippen LogP contribution in [-0.2, 0) is 0 Å². The molecule has 1 heterocycles. The third-order valence-corrected chi connectivity index (χ3v) is 3.17. The molecular formula is C18H15N3O. The lowest BCUT2D eigenvalue weighted by molar-refractivity contribution is 0.990. The number of para-hydroxylation sites is 1. The number of hydrogen-bond donors (Lipinski definition) is 1. The van der Waals surface area contributed by atoms with E-state index in [1.54, 1.807) is 29.1 Å². The summed E-state index contributed by atoms with van der Waals surface area (Å²) < 4.78 is 1.60. The molecule has 0 saturated heterocycles. The van der Waals surface area contributed by atoms with E-state index >= 15 is 0 Å². The van der Waals surface area contributed by atoms with E-state index in [1.807, 2.05) is 60.7 Å². The summed E-state index contributed by atoms with van der Waals surface area (Å²) in [6.07, 6.45) is 3.49. The minimum Gasteiger partial charge on any atom is -0.284 e. The molecule has 0 aliphatic heterocycles. The Balaban J connectivity index is 1.72. The van der Waals surface area contributed by atoms with Gasteiger partial charge in [0.15, 0.2) is 0 Å². The van der Waals surface area contributed by atoms with Crippen LogP contribution in [0.1, 0.15) is 5.56 Å². The molecule has 0 aliphatic rings. The standard InChI is InChI=1S/C18H15N3O/c22-18-8-4-5-13-21(18)17-11-9-15(10-12-17)14-19-20-16-6-2-1-3-7-16/h1-14,20H/b19-14-. The third kappa shape index (κ3) is 3.30. The van der Waals surface area contributed by atoms with Crippen LogP contribution in [0.5, 0.6) is 0 Å². The maximum absolute atomic E-state index is 11.8. The van der Waals surface area contributed by atoms with Gasteiger partial charge in [-0.1, -0.05) is 36.4 Å². The summed E-state index contributed by atoms with van der Waals surface area (Å²) in [6, 6.07) is 22.5. The number of nitrogens with zero attached hydrogens (tertiary/aromatic N) is 2. The molecule has 0 fully saturated rings. The topological polar surface area (TPSA) is 46.4 Å². The third-order valence-electron chi connectivity index (χ3n) is 3.17. The molecule has 0 atom stereocenters. The van der Waals surface area contributed by atoms with Gasteiger partial charge in [0.1, 0.15) is 0 Å². The SMILES string of the molecule is O=c1ccccn1-c1ccc(/C=N\Nc2ccccc2)cc1. The number of hydrogen-bond acceptors (Lipinski definition) is 3. The highest BCUT2D eigenvalue weighted by atomic mass is 16.1. The number of pyridine rings is 1. The predicted molar refractivity (Wildman–Crippen MR) is 89.7 cm³/mol. The van der Waals surface area contributed by atoms with Crippen molar-refractivity contribution in [2.24, 2.45) is 5.10 Å². The molecule has 0 bridgehead atoms. The van der Waals surface area contributed by atoms with Gasteiger partial charge in [0, 0.05) is 18.0 Å². The number of aromatic nitrogens is 1. The van der Waals surface area contributed by atoms with Crippen molar-refractivity contribution < 1.29 is 0 Å². The van der Waals surface area contributed by atoms with E-state index in [4.69, 9.17) is 0 Å². The zero-order chi connectivity index (χ0) is 15.2. The van der Waals surface area contributed by atoms with Crippen molar-refractivity contribution in [3.8, 4) is 5.69 Å². The molecule has 1 N–H and O–H groups in total. The van der Waals surface area contributed by atoms with Crippen molar-refractivity contribution in [1.82, 2.24) is 4.57 Å². The molecular weight excluding hydrogens is 274 g/mol. The average Bonchev–Trinajstić information content (AvgIpc) is 2.57. The highest BCUT2D eigenvalue weighted by molar-refractivity contribution is 5.80. The van der Waals surface area contributed by atoms with Crippen LogP contribution in [-0.4, -0.2) is 10.8 Å². The molecule has 2 aromatic carbocycles. The van der Waals surface area contributed by atoms with Crippen LogP contribution >= 0.6 is 0 Å². The summed E-state index contributed by atoms with van der Waals surface area (Å²) in [6.45, 7) is 0. The lowest BCUT2D eigenvalue weighted by Crippen LogP contribution is -2.15. The van der Waals surface area contributed by atoms with E-state index in [0.29, 0.717) is 0 Å². The van der Waals surface area contributed by atoms with E-state index in [2.05, 4.69) is 10.5 Å². The van der Waals surface area contributed by atoms with Gasteiger partial charge in [-0.05, 0) is 35.9 Å². The van der Waals surface area contributed by atoms with Crippen LogP contribution in [0.3, 0.4) is 0 Å². The number of nitrogens with one attached hydrogen (secondary N) is 1. The van der Waals surface area contributed by atoms with Crippen molar-refractivity contribution in [2.75, 3.05) is 5.43 Å². The molecule has 1 aromatic heterocycles. The first-order valence-corrected chi connectivity index (χ1v) is 6.95. The Morgan fingerprint density at radius 1 is 0.864 bits per heavy atom. The van der Waals surface area contributed by atoms with Crippen LogP contribution in [0.2, 0.25) is 0 Å². The van der Waals surface area contributed by atoms with Crippen molar-refractivity contribution >= 4 is 11.9 Å². The van der Waals surface area contributed by atoms with Crippen molar-refractivity contribution in [1.29, 1.82) is 0 Å². The molecule has 0 spiro atoms. The number of rotatable bonds is 4. The first-order chi connectivity index (χ1) is 10.8. The van der Waals surface area contributed by atoms with E-state index in [9.17, 15) is 4.79 Å². The molecule has 0 radical (unpaired) electrons. The monoisotopic (exact) mass is 289 g/mol. The Morgan fingerprint density at radius 2 is 1.59 bits per heavy atom. The Hall–Kier alpha value is -3.14. The fraction of sp³-hybridized carbons (Fsp3) is 0. The average molecular weight is 289 g/mol. The maximum atomic E-state index is 11.8. The lowest BCUT2D eigenvalue weighted by Gasteiger charge is -2.05. The van der Waals surface area contributed by atoms with Crippen molar-refractivity contribution in [3.05, 3.63) is 94.9 Å². The van der Waals surface area contributed by atoms with Gasteiger partial charge in [-0.2, -0.15) is 5.10 Å². The molecule has 4 heteroatoms. The molecule has 0 amide bonds. The number of anilines is 1. The van der Waals surface area contributed by atoms with Crippen LogP contribution in [0.15, 0.2) is 88.9 Å². The van der Waals surface area contributed by atoms with E-state index in [-0.39, 0.29) is 5.56 Å². The second-order valence-corrected chi connectivity index (χ2v) is 4.74. The van der Waals surface area contributed by atoms with Gasteiger partial charge in [0.05, 0.1) is 11.9 Å². The molecule has 0 saturated carbocycles. The fourth-order valence-electron chi connectivity index (χ4n) is 2.06. The summed E-state index contributed by atoms with van der Waals surface area (Å²) >= 11 is 0. The quantitative estimate of drug-likeness (QED) is 0.592. The first kappa shape index (κ1) is 13.8. The molecule has 0 aliphatic carbocycles. The summed E-state index contributed by atoms with van der Waals surface area (Å²) in [7, 11) is 0. The lowest BCUT2D eigenvalue weighted by atomic mass is 10.2. The van der Waals surface area contributed by atoms with Gasteiger partial charge in [-0.25, -0.2) is 0 Å². The summed E-state index contributed by atoms with van der Waals surface area (Å²) in [4.78, 5) is 11.8. The van der Waals surface area contributed by atoms with Crippen LogP contribution in [0, 0.1) is 0 Å². The number of hydrazone groups is 1. The smallest absolute Gasteiger partial charge is 0.255 e. The second-order valence-electron chi connectivity index (χ2n) is 4.74. The summed E-state index contributed by atoms with van der Waals surface area (Å²) in [5.41, 5.74) is 5.64. The van der Waals surface area contributed by atoms with Crippen LogP contribution in [0.4, 0.5) is 5.69 Å². The summed E-state index contributed by atoms with van der Waals surface area (Å²) in [5, 5.41) is 4.19. The molecule has 3 aromatic rings. The Morgan fingerprint density at radius 3 is 2.32 bits per heavy atom. The Kier molecular flexibility index (Phi) is 4.11. The van der Waals surface area contributed by atoms with Crippen LogP contribution < -0.4 is 11.0 Å². The van der Waals surface area contributed by atoms with Gasteiger partial charge >= 0.3 is 0 Å². The fourth-order valence-corrected chi connectivity index (χ4v) is 2.06. The van der Waals surface area contributed by atoms with Crippen molar-refractivity contribution in [3.63, 3.8) is 0 Å². The molecule has 3 rings (SSSR count). The van der Waals surface area contributed by atoms with E-state index < -0.39 is 0 Å². The minimum absolute atomic E-state index is 0.0466. The Labute approximate surface area is 128 Å². The normalized spacial score (nSPS) is 10.7. The highest BCUT2D eigenvalue weighted by Crippen LogP contribution is 2.07. The minimum atomic E-state index is -0.0466. The predicted octanol–water partition coefficient (Wildman–Crippen LogP) is 3.28. The zero-order valence-corrected chi connectivity index (χ0v) is 11.9. The van der Waals surface area contributed by atoms with E-state index in [1.165, 1.54) is 0 Å². The zero-order valence-electron chi connectivity index (χ0n) is 11.9. The van der Waals surface area contributed by atoms with E-state index in [0.717, 1.165) is 16.9 Å². The number of benzene rings is 2. The highest BCUT2D eigenvalue weighted by Gasteiger charge is 1.97. The van der Waals surface area contributed by atoms with Gasteiger partial charge in [-0.15, -0.1) is 0 Å². The molecule has 4 nitrogen and oxygen atoms in total. The van der Waals surface area contributed by atoms with Gasteiger partial charge in [-0.3, -0.25) is 14.8 Å². The maximum Gasteiger partial charge on any atom is 0.255 e. The molecule has 108 valence electrons. The first-order valence-electron chi connectivity index (χ1n) is 6.95. The summed E-state index contributed by atoms with van der Waals surface area (Å²) in [5.74, 6) is 0. The van der Waals surface area contributed by atoms with Gasteiger partial charge < -0.3 is 0 Å². The van der Waals surface area contributed by atoms with Gasteiger partial charge in [0.25, 0.3) is 5.56 Å². The van der Waals surface area contributed by atoms with Crippen molar-refractivity contribution in [2.45, 2.75) is 0 Å². The largest absolute Gasteiger partial charge is 0.284 e. The Bertz CT molecular complexity index is 821. The van der Waals surface area contributed by atoms with Crippen LogP contribution in [0.25, 0.3) is 5.69 Å². The molecule has 22 heavy (non-hydrogen) atoms. The van der Waals surface area contributed by atoms with Gasteiger partial charge in [0.2, 0.25) is 0 Å². The second kappa shape index (κ2) is 6.54. The molecule has 0 unspecified atom stereocenters.